The molecule has 0 spiro atoms. The van der Waals surface area contributed by atoms with Crippen molar-refractivity contribution in [3.63, 3.8) is 0 Å². The van der Waals surface area contributed by atoms with Gasteiger partial charge < -0.3 is 52.5 Å². The molecule has 52 heavy (non-hydrogen) atoms. The summed E-state index contributed by atoms with van der Waals surface area (Å²) in [6.07, 6.45) is 6.51. The molecule has 11 nitrogen and oxygen atoms in total. The van der Waals surface area contributed by atoms with Crippen LogP contribution < -0.4 is 0 Å². The summed E-state index contributed by atoms with van der Waals surface area (Å²) in [4.78, 5) is 0. The molecule has 300 valence electrons. The van der Waals surface area contributed by atoms with Crippen LogP contribution in [-0.4, -0.2) is 135 Å². The van der Waals surface area contributed by atoms with Crippen LogP contribution in [0.4, 0.5) is 0 Å². The van der Waals surface area contributed by atoms with Crippen molar-refractivity contribution in [1.29, 1.82) is 0 Å². The number of aliphatic hydroxyl groups is 1. The first-order valence-corrected chi connectivity index (χ1v) is 20.4. The van der Waals surface area contributed by atoms with Crippen molar-refractivity contribution in [2.75, 3.05) is 130 Å². The fourth-order valence-corrected chi connectivity index (χ4v) is 4.80. The highest BCUT2D eigenvalue weighted by atomic mass is 127. The molecule has 0 aliphatic heterocycles. The summed E-state index contributed by atoms with van der Waals surface area (Å²) in [6.45, 7) is 12.5. The lowest BCUT2D eigenvalue weighted by atomic mass is 10.2. The Balaban J connectivity index is 0.000000520. The molecule has 0 aliphatic carbocycles. The third-order valence-corrected chi connectivity index (χ3v) is 7.83. The molecule has 0 aliphatic rings. The zero-order valence-electron chi connectivity index (χ0n) is 31.5. The van der Waals surface area contributed by atoms with Crippen molar-refractivity contribution in [1.82, 2.24) is 0 Å². The Morgan fingerprint density at radius 1 is 0.327 bits per heavy atom. The summed E-state index contributed by atoms with van der Waals surface area (Å²) in [6, 6.07) is 20.2. The van der Waals surface area contributed by atoms with E-state index < -0.39 is 0 Å². The topological polar surface area (TPSA) is 113 Å². The van der Waals surface area contributed by atoms with E-state index in [0.717, 1.165) is 38.9 Å². The summed E-state index contributed by atoms with van der Waals surface area (Å²) in [5, 5.41) is 8.65. The molecule has 0 saturated heterocycles. The molecule has 0 amide bonds. The fourth-order valence-electron chi connectivity index (χ4n) is 4.26. The van der Waals surface area contributed by atoms with Gasteiger partial charge in [0.2, 0.25) is 0 Å². The van der Waals surface area contributed by atoms with E-state index in [4.69, 9.17) is 52.5 Å². The lowest BCUT2D eigenvalue weighted by Crippen LogP contribution is -2.13. The molecule has 1 N–H and O–H groups in total. The summed E-state index contributed by atoms with van der Waals surface area (Å²) in [5.41, 5.74) is 2.35. The predicted molar refractivity (Wildman–Crippen MR) is 212 cm³/mol. The summed E-state index contributed by atoms with van der Waals surface area (Å²) in [5.74, 6) is 0. The monoisotopic (exact) mass is 850 g/mol. The maximum Gasteiger partial charge on any atom is 0.0718 e. The lowest BCUT2D eigenvalue weighted by Gasteiger charge is -2.08. The van der Waals surface area contributed by atoms with Crippen LogP contribution in [0.25, 0.3) is 0 Å². The third-order valence-electron chi connectivity index (χ3n) is 7.07. The highest BCUT2D eigenvalue weighted by Gasteiger charge is 1.97. The van der Waals surface area contributed by atoms with E-state index >= 15 is 0 Å². The Hall–Kier alpha value is -1.27. The Labute approximate surface area is 327 Å². The standard InChI is InChI=1S/C20H33IO5.C20H34O6/c2*21-9-5-2-6-10-22-11-12-23-13-14-24-15-16-25-17-18-26-19-20-7-3-1-4-8-20/h1,3-4,7-8H,2,5-6,9-19H2;1,3-4,7-8,21H,2,5-6,9-19H2. The number of ether oxygens (including phenoxy) is 10. The maximum absolute atomic E-state index is 8.65. The quantitative estimate of drug-likeness (QED) is 0.0467. The smallest absolute Gasteiger partial charge is 0.0718 e. The molecule has 0 heterocycles. The van der Waals surface area contributed by atoms with E-state index in [-0.39, 0.29) is 6.61 Å². The first-order chi connectivity index (χ1) is 25.9. The summed E-state index contributed by atoms with van der Waals surface area (Å²) in [7, 11) is 0. The molecule has 0 aromatic heterocycles. The van der Waals surface area contributed by atoms with Gasteiger partial charge in [-0.1, -0.05) is 89.7 Å². The van der Waals surface area contributed by atoms with Crippen LogP contribution >= 0.6 is 22.6 Å². The second-order valence-electron chi connectivity index (χ2n) is 11.5. The van der Waals surface area contributed by atoms with Gasteiger partial charge in [0.25, 0.3) is 0 Å². The lowest BCUT2D eigenvalue weighted by molar-refractivity contribution is -0.0126. The fraction of sp³-hybridized carbons (Fsp3) is 0.700. The van der Waals surface area contributed by atoms with Crippen molar-refractivity contribution in [3.05, 3.63) is 71.8 Å². The minimum Gasteiger partial charge on any atom is -0.396 e. The van der Waals surface area contributed by atoms with Crippen molar-refractivity contribution in [3.8, 4) is 0 Å². The van der Waals surface area contributed by atoms with Crippen molar-refractivity contribution >= 4 is 22.6 Å². The summed E-state index contributed by atoms with van der Waals surface area (Å²) >= 11 is 2.41. The number of hydrogen-bond donors (Lipinski definition) is 1. The van der Waals surface area contributed by atoms with Gasteiger partial charge in [-0.3, -0.25) is 0 Å². The zero-order valence-corrected chi connectivity index (χ0v) is 33.6. The largest absolute Gasteiger partial charge is 0.396 e. The first kappa shape index (κ1) is 48.7. The van der Waals surface area contributed by atoms with Crippen molar-refractivity contribution < 1.29 is 52.5 Å². The molecule has 0 saturated carbocycles. The van der Waals surface area contributed by atoms with E-state index in [0.29, 0.717) is 119 Å². The molecule has 0 unspecified atom stereocenters. The van der Waals surface area contributed by atoms with Gasteiger partial charge in [0, 0.05) is 19.8 Å². The molecule has 0 radical (unpaired) electrons. The van der Waals surface area contributed by atoms with Gasteiger partial charge in [0.15, 0.2) is 0 Å². The Bertz CT molecular complexity index is 855. The normalized spacial score (nSPS) is 11.1. The van der Waals surface area contributed by atoms with Crippen LogP contribution in [0, 0.1) is 0 Å². The molecule has 0 fully saturated rings. The summed E-state index contributed by atoms with van der Waals surface area (Å²) < 4.78 is 55.9. The van der Waals surface area contributed by atoms with E-state index in [1.165, 1.54) is 28.4 Å². The number of hydrogen-bond acceptors (Lipinski definition) is 11. The molecular formula is C40H67IO11. The van der Waals surface area contributed by atoms with Crippen molar-refractivity contribution in [2.24, 2.45) is 0 Å². The van der Waals surface area contributed by atoms with Crippen LogP contribution in [0.3, 0.4) is 0 Å². The highest BCUT2D eigenvalue weighted by molar-refractivity contribution is 14.1. The average molecular weight is 851 g/mol. The van der Waals surface area contributed by atoms with Crippen LogP contribution in [-0.2, 0) is 60.6 Å². The van der Waals surface area contributed by atoms with Crippen molar-refractivity contribution in [2.45, 2.75) is 51.7 Å². The van der Waals surface area contributed by atoms with Gasteiger partial charge >= 0.3 is 0 Å². The van der Waals surface area contributed by atoms with Gasteiger partial charge in [-0.2, -0.15) is 0 Å². The van der Waals surface area contributed by atoms with Gasteiger partial charge in [0.05, 0.1) is 119 Å². The van der Waals surface area contributed by atoms with Gasteiger partial charge in [-0.05, 0) is 47.7 Å². The van der Waals surface area contributed by atoms with Gasteiger partial charge in [-0.25, -0.2) is 0 Å². The van der Waals surface area contributed by atoms with E-state index in [2.05, 4.69) is 34.7 Å². The molecule has 2 aromatic rings. The van der Waals surface area contributed by atoms with Gasteiger partial charge in [-0.15, -0.1) is 0 Å². The molecule has 12 heteroatoms. The Morgan fingerprint density at radius 2 is 0.615 bits per heavy atom. The van der Waals surface area contributed by atoms with Gasteiger partial charge in [0.1, 0.15) is 0 Å². The van der Waals surface area contributed by atoms with Crippen LogP contribution in [0.2, 0.25) is 0 Å². The minimum atomic E-state index is 0.260. The Morgan fingerprint density at radius 3 is 0.923 bits per heavy atom. The SMILES string of the molecule is ICCCCCOCCOCCOCCOCCOCc1ccccc1.OCCCCCOCCOCCOCCOCCOCc1ccccc1. The highest BCUT2D eigenvalue weighted by Crippen LogP contribution is 2.02. The number of halogens is 1. The average Bonchev–Trinajstić information content (AvgIpc) is 3.18. The molecule has 2 rings (SSSR count). The van der Waals surface area contributed by atoms with E-state index in [1.807, 2.05) is 48.5 Å². The molecule has 0 bridgehead atoms. The number of alkyl halides is 1. The van der Waals surface area contributed by atoms with E-state index in [1.54, 1.807) is 0 Å². The second kappa shape index (κ2) is 42.5. The molecular weight excluding hydrogens is 783 g/mol. The molecule has 2 aromatic carbocycles. The van der Waals surface area contributed by atoms with Crippen LogP contribution in [0.5, 0.6) is 0 Å². The number of benzene rings is 2. The number of unbranched alkanes of at least 4 members (excludes halogenated alkanes) is 4. The van der Waals surface area contributed by atoms with Crippen LogP contribution in [0.1, 0.15) is 49.7 Å². The van der Waals surface area contributed by atoms with E-state index in [9.17, 15) is 0 Å². The third kappa shape index (κ3) is 37.1. The number of rotatable bonds is 38. The first-order valence-electron chi connectivity index (χ1n) is 18.9. The molecule has 0 atom stereocenters. The van der Waals surface area contributed by atoms with Crippen LogP contribution in [0.15, 0.2) is 60.7 Å². The predicted octanol–water partition coefficient (Wildman–Crippen LogP) is 6.31. The maximum atomic E-state index is 8.65. The number of aliphatic hydroxyl groups excluding tert-OH is 1. The zero-order chi connectivity index (χ0) is 37.1. The Kier molecular flexibility index (Phi) is 39.8. The second-order valence-corrected chi connectivity index (χ2v) is 12.6. The minimum absolute atomic E-state index is 0.260.